The molecule has 1 aromatic rings. The third kappa shape index (κ3) is 6.75. The zero-order valence-corrected chi connectivity index (χ0v) is 15.8. The Balaban J connectivity index is 1.85. The van der Waals surface area contributed by atoms with Gasteiger partial charge >= 0.3 is 0 Å². The molecule has 26 heavy (non-hydrogen) atoms. The Labute approximate surface area is 155 Å². The molecule has 2 N–H and O–H groups in total. The average molecular weight is 364 g/mol. The van der Waals surface area contributed by atoms with E-state index in [0.29, 0.717) is 24.6 Å². The Morgan fingerprint density at radius 3 is 2.69 bits per heavy atom. The van der Waals surface area contributed by atoms with Gasteiger partial charge in [0.15, 0.2) is 5.96 Å². The second kappa shape index (κ2) is 10.3. The fourth-order valence-corrected chi connectivity index (χ4v) is 3.15. The molecule has 0 bridgehead atoms. The standard InChI is InChI=1S/C20H30F2N4/c1-4-23-20(24-10-7-16-13-17(21)5-6-19(16)22)25-18-8-11-26(12-9-18)14-15(2)3/h5-6,13,18H,2,4,7-12,14H2,1,3H3,(H2,23,24,25). The van der Waals surface area contributed by atoms with Crippen molar-refractivity contribution < 1.29 is 8.78 Å². The summed E-state index contributed by atoms with van der Waals surface area (Å²) in [5.41, 5.74) is 1.55. The smallest absolute Gasteiger partial charge is 0.191 e. The summed E-state index contributed by atoms with van der Waals surface area (Å²) in [6.45, 7) is 12.2. The van der Waals surface area contributed by atoms with Crippen molar-refractivity contribution in [1.82, 2.24) is 15.5 Å². The third-order valence-electron chi connectivity index (χ3n) is 4.42. The molecule has 1 aromatic carbocycles. The molecule has 0 aliphatic carbocycles. The molecule has 1 fully saturated rings. The largest absolute Gasteiger partial charge is 0.357 e. The maximum Gasteiger partial charge on any atom is 0.191 e. The number of benzene rings is 1. The third-order valence-corrected chi connectivity index (χ3v) is 4.42. The normalized spacial score (nSPS) is 16.5. The van der Waals surface area contributed by atoms with Crippen molar-refractivity contribution in [3.63, 3.8) is 0 Å². The number of nitrogens with one attached hydrogen (secondary N) is 2. The molecular formula is C20H30F2N4. The number of nitrogens with zero attached hydrogens (tertiary/aromatic N) is 2. The molecule has 1 heterocycles. The summed E-state index contributed by atoms with van der Waals surface area (Å²) in [5.74, 6) is -0.0657. The Bertz CT molecular complexity index is 622. The predicted octanol–water partition coefficient (Wildman–Crippen LogP) is 3.10. The Morgan fingerprint density at radius 1 is 1.31 bits per heavy atom. The van der Waals surface area contributed by atoms with Crippen molar-refractivity contribution in [2.24, 2.45) is 4.99 Å². The first-order valence-electron chi connectivity index (χ1n) is 9.33. The van der Waals surface area contributed by atoms with E-state index in [0.717, 1.165) is 57.1 Å². The van der Waals surface area contributed by atoms with Crippen molar-refractivity contribution in [2.45, 2.75) is 39.2 Å². The molecule has 0 unspecified atom stereocenters. The average Bonchev–Trinajstić information content (AvgIpc) is 2.59. The lowest BCUT2D eigenvalue weighted by molar-refractivity contribution is 0.221. The fraction of sp³-hybridized carbons (Fsp3) is 0.550. The summed E-state index contributed by atoms with van der Waals surface area (Å²) in [6.07, 6.45) is 2.48. The van der Waals surface area contributed by atoms with E-state index >= 15 is 0 Å². The van der Waals surface area contributed by atoms with Crippen LogP contribution >= 0.6 is 0 Å². The monoisotopic (exact) mass is 364 g/mol. The number of hydrogen-bond acceptors (Lipinski definition) is 2. The van der Waals surface area contributed by atoms with Crippen LogP contribution in [0.5, 0.6) is 0 Å². The molecular weight excluding hydrogens is 334 g/mol. The molecule has 0 amide bonds. The minimum atomic E-state index is -0.420. The summed E-state index contributed by atoms with van der Waals surface area (Å²) < 4.78 is 26.9. The van der Waals surface area contributed by atoms with E-state index in [1.165, 1.54) is 11.6 Å². The molecule has 0 saturated carbocycles. The molecule has 0 atom stereocenters. The lowest BCUT2D eigenvalue weighted by Crippen LogP contribution is -2.49. The maximum absolute atomic E-state index is 13.7. The van der Waals surface area contributed by atoms with Gasteiger partial charge in [-0.3, -0.25) is 9.89 Å². The highest BCUT2D eigenvalue weighted by atomic mass is 19.1. The van der Waals surface area contributed by atoms with Crippen molar-refractivity contribution >= 4 is 5.96 Å². The van der Waals surface area contributed by atoms with Crippen LogP contribution in [0, 0.1) is 11.6 Å². The summed E-state index contributed by atoms with van der Waals surface area (Å²) in [4.78, 5) is 6.93. The quantitative estimate of drug-likeness (QED) is 0.444. The van der Waals surface area contributed by atoms with Crippen LogP contribution in [-0.4, -0.2) is 49.6 Å². The van der Waals surface area contributed by atoms with Crippen LogP contribution in [0.4, 0.5) is 8.78 Å². The number of guanidine groups is 1. The van der Waals surface area contributed by atoms with Crippen LogP contribution in [0.3, 0.4) is 0 Å². The molecule has 6 heteroatoms. The molecule has 1 aliphatic rings. The van der Waals surface area contributed by atoms with Gasteiger partial charge < -0.3 is 10.6 Å². The van der Waals surface area contributed by atoms with Crippen molar-refractivity contribution in [1.29, 1.82) is 0 Å². The number of hydrogen-bond donors (Lipinski definition) is 2. The summed E-state index contributed by atoms with van der Waals surface area (Å²) in [5, 5.41) is 6.69. The van der Waals surface area contributed by atoms with E-state index in [-0.39, 0.29) is 5.82 Å². The number of aliphatic imine (C=N–C) groups is 1. The first kappa shape index (κ1) is 20.4. The molecule has 144 valence electrons. The van der Waals surface area contributed by atoms with Gasteiger partial charge in [0.2, 0.25) is 0 Å². The van der Waals surface area contributed by atoms with E-state index in [1.54, 1.807) is 0 Å². The predicted molar refractivity (Wildman–Crippen MR) is 103 cm³/mol. The lowest BCUT2D eigenvalue weighted by atomic mass is 10.0. The molecule has 0 radical (unpaired) electrons. The van der Waals surface area contributed by atoms with Gasteiger partial charge in [0.1, 0.15) is 11.6 Å². The number of rotatable bonds is 7. The van der Waals surface area contributed by atoms with Crippen molar-refractivity contribution in [2.75, 3.05) is 32.7 Å². The first-order valence-corrected chi connectivity index (χ1v) is 9.33. The number of piperidine rings is 1. The van der Waals surface area contributed by atoms with Crippen molar-refractivity contribution in [3.8, 4) is 0 Å². The Kier molecular flexibility index (Phi) is 8.04. The van der Waals surface area contributed by atoms with E-state index in [4.69, 9.17) is 0 Å². The van der Waals surface area contributed by atoms with Crippen LogP contribution in [0.15, 0.2) is 35.3 Å². The summed E-state index contributed by atoms with van der Waals surface area (Å²) >= 11 is 0. The van der Waals surface area contributed by atoms with Crippen LogP contribution in [-0.2, 0) is 6.42 Å². The molecule has 2 rings (SSSR count). The fourth-order valence-electron chi connectivity index (χ4n) is 3.15. The van der Waals surface area contributed by atoms with E-state index in [1.807, 2.05) is 6.92 Å². The summed E-state index contributed by atoms with van der Waals surface area (Å²) in [6, 6.07) is 3.91. The highest BCUT2D eigenvalue weighted by Gasteiger charge is 2.19. The first-order chi connectivity index (χ1) is 12.5. The molecule has 0 spiro atoms. The maximum atomic E-state index is 13.7. The van der Waals surface area contributed by atoms with Gasteiger partial charge in [-0.05, 0) is 56.9 Å². The van der Waals surface area contributed by atoms with Crippen molar-refractivity contribution in [3.05, 3.63) is 47.5 Å². The zero-order chi connectivity index (χ0) is 18.9. The van der Waals surface area contributed by atoms with Crippen LogP contribution in [0.2, 0.25) is 0 Å². The summed E-state index contributed by atoms with van der Waals surface area (Å²) in [7, 11) is 0. The molecule has 1 aliphatic heterocycles. The Morgan fingerprint density at radius 2 is 2.04 bits per heavy atom. The Hall–Kier alpha value is -1.95. The van der Waals surface area contributed by atoms with E-state index in [2.05, 4.69) is 34.0 Å². The van der Waals surface area contributed by atoms with Crippen LogP contribution in [0.1, 0.15) is 32.3 Å². The van der Waals surface area contributed by atoms with Gasteiger partial charge in [-0.15, -0.1) is 0 Å². The number of likely N-dealkylation sites (tertiary alicyclic amines) is 1. The second-order valence-corrected chi connectivity index (χ2v) is 6.90. The molecule has 1 saturated heterocycles. The lowest BCUT2D eigenvalue weighted by Gasteiger charge is -2.33. The minimum Gasteiger partial charge on any atom is -0.357 e. The molecule has 0 aromatic heterocycles. The van der Waals surface area contributed by atoms with Gasteiger partial charge in [0.25, 0.3) is 0 Å². The number of halogens is 2. The van der Waals surface area contributed by atoms with E-state index in [9.17, 15) is 8.78 Å². The highest BCUT2D eigenvalue weighted by molar-refractivity contribution is 5.80. The second-order valence-electron chi connectivity index (χ2n) is 6.90. The van der Waals surface area contributed by atoms with E-state index < -0.39 is 5.82 Å². The van der Waals surface area contributed by atoms with Crippen LogP contribution in [0.25, 0.3) is 0 Å². The topological polar surface area (TPSA) is 39.7 Å². The molecule has 4 nitrogen and oxygen atoms in total. The van der Waals surface area contributed by atoms with Gasteiger partial charge in [0.05, 0.1) is 0 Å². The van der Waals surface area contributed by atoms with Gasteiger partial charge in [-0.2, -0.15) is 0 Å². The van der Waals surface area contributed by atoms with Gasteiger partial charge in [-0.25, -0.2) is 8.78 Å². The van der Waals surface area contributed by atoms with Gasteiger partial charge in [-0.1, -0.05) is 12.2 Å². The van der Waals surface area contributed by atoms with Crippen LogP contribution < -0.4 is 10.6 Å². The van der Waals surface area contributed by atoms with Gasteiger partial charge in [0, 0.05) is 38.8 Å². The minimum absolute atomic E-state index is 0.359. The zero-order valence-electron chi connectivity index (χ0n) is 15.8. The SMILES string of the molecule is C=C(C)CN1CCC(NC(=NCCc2cc(F)ccc2F)NCC)CC1. The highest BCUT2D eigenvalue weighted by Crippen LogP contribution is 2.12.